The Bertz CT molecular complexity index is 189. The van der Waals surface area contributed by atoms with E-state index in [-0.39, 0.29) is 0 Å². The minimum atomic E-state index is -2.68. The molecule has 5 N–H and O–H groups in total. The zero-order valence-electron chi connectivity index (χ0n) is 7.39. The zero-order valence-corrected chi connectivity index (χ0v) is 8.28. The first-order valence-electron chi connectivity index (χ1n) is 3.97. The molecule has 84 valence electrons. The van der Waals surface area contributed by atoms with Crippen molar-refractivity contribution in [3.05, 3.63) is 0 Å². The van der Waals surface area contributed by atoms with E-state index >= 15 is 0 Å². The smallest absolute Gasteiger partial charge is 0.329 e. The van der Waals surface area contributed by atoms with E-state index in [0.717, 1.165) is 0 Å². The third-order valence-corrected chi connectivity index (χ3v) is 2.40. The molecule has 0 amide bonds. The second-order valence-corrected chi connectivity index (χ2v) is 3.76. The van der Waals surface area contributed by atoms with E-state index in [2.05, 4.69) is 4.52 Å². The van der Waals surface area contributed by atoms with Gasteiger partial charge in [0.2, 0.25) is 0 Å². The van der Waals surface area contributed by atoms with Crippen LogP contribution < -0.4 is 0 Å². The summed E-state index contributed by atoms with van der Waals surface area (Å²) in [5.74, 6) is 0. The summed E-state index contributed by atoms with van der Waals surface area (Å²) >= 11 is 0. The van der Waals surface area contributed by atoms with Crippen LogP contribution in [0.25, 0.3) is 0 Å². The van der Waals surface area contributed by atoms with Gasteiger partial charge in [-0.25, -0.2) is 0 Å². The van der Waals surface area contributed by atoms with E-state index in [0.29, 0.717) is 0 Å². The van der Waals surface area contributed by atoms with Crippen LogP contribution in [-0.2, 0) is 9.26 Å². The van der Waals surface area contributed by atoms with Gasteiger partial charge in [-0.05, 0) is 6.92 Å². The summed E-state index contributed by atoms with van der Waals surface area (Å²) in [6, 6.07) is 0. The molecule has 14 heavy (non-hydrogen) atoms. The van der Waals surface area contributed by atoms with Gasteiger partial charge < -0.3 is 29.8 Å². The maximum atomic E-state index is 9.30. The van der Waals surface area contributed by atoms with Crippen molar-refractivity contribution in [3.8, 4) is 0 Å². The lowest BCUT2D eigenvalue weighted by Crippen LogP contribution is -2.56. The van der Waals surface area contributed by atoms with Crippen molar-refractivity contribution < 1.29 is 34.4 Å². The van der Waals surface area contributed by atoms with Crippen molar-refractivity contribution in [1.82, 2.24) is 0 Å². The molecule has 0 aliphatic carbocycles. The molecule has 0 radical (unpaired) electrons. The van der Waals surface area contributed by atoms with Crippen LogP contribution in [0.4, 0.5) is 0 Å². The van der Waals surface area contributed by atoms with Crippen molar-refractivity contribution >= 4 is 8.60 Å². The molecule has 0 saturated carbocycles. The highest BCUT2D eigenvalue weighted by Gasteiger charge is 2.43. The van der Waals surface area contributed by atoms with Crippen LogP contribution in [0, 0.1) is 0 Å². The predicted octanol–water partition coefficient (Wildman–Crippen LogP) is -1.96. The van der Waals surface area contributed by atoms with Gasteiger partial charge in [-0.3, -0.25) is 4.52 Å². The van der Waals surface area contributed by atoms with Crippen LogP contribution >= 0.6 is 8.60 Å². The fourth-order valence-corrected chi connectivity index (χ4v) is 1.55. The van der Waals surface area contributed by atoms with Gasteiger partial charge in [-0.15, -0.1) is 0 Å². The summed E-state index contributed by atoms with van der Waals surface area (Å²) in [6.07, 6.45) is -6.27. The van der Waals surface area contributed by atoms with E-state index in [1.807, 2.05) is 0 Å². The molecule has 0 aromatic rings. The highest BCUT2D eigenvalue weighted by molar-refractivity contribution is 7.39. The number of hydrogen-bond acceptors (Lipinski definition) is 7. The standard InChI is InChI=1S/C6H13O7P/c1-2-3(7)4(8)5(9)6(12-2)13-14(10)11/h2-11H,1H3/t2-,3+,4+,5-,6?/m0/s1. The molecule has 7 nitrogen and oxygen atoms in total. The molecular formula is C6H13O7P. The summed E-state index contributed by atoms with van der Waals surface area (Å²) in [5, 5.41) is 27.8. The number of rotatable bonds is 2. The maximum Gasteiger partial charge on any atom is 0.329 e. The van der Waals surface area contributed by atoms with Crippen LogP contribution in [0.2, 0.25) is 0 Å². The highest BCUT2D eigenvalue weighted by Crippen LogP contribution is 2.32. The van der Waals surface area contributed by atoms with E-state index < -0.39 is 39.3 Å². The maximum absolute atomic E-state index is 9.30. The zero-order chi connectivity index (χ0) is 10.9. The van der Waals surface area contributed by atoms with Crippen LogP contribution in [0.1, 0.15) is 6.92 Å². The van der Waals surface area contributed by atoms with E-state index in [1.54, 1.807) is 0 Å². The lowest BCUT2D eigenvalue weighted by molar-refractivity contribution is -0.269. The quantitative estimate of drug-likeness (QED) is 0.348. The second kappa shape index (κ2) is 4.78. The Morgan fingerprint density at radius 3 is 2.14 bits per heavy atom. The molecule has 0 aromatic heterocycles. The Hall–Kier alpha value is 0.150. The van der Waals surface area contributed by atoms with Gasteiger partial charge in [-0.1, -0.05) is 0 Å². The Morgan fingerprint density at radius 1 is 1.07 bits per heavy atom. The minimum absolute atomic E-state index is 0.756. The molecule has 1 fully saturated rings. The Morgan fingerprint density at radius 2 is 1.64 bits per heavy atom. The fraction of sp³-hybridized carbons (Fsp3) is 1.00. The fourth-order valence-electron chi connectivity index (χ4n) is 1.19. The molecule has 1 saturated heterocycles. The lowest BCUT2D eigenvalue weighted by atomic mass is 10.0. The van der Waals surface area contributed by atoms with Crippen molar-refractivity contribution in [3.63, 3.8) is 0 Å². The molecule has 1 rings (SSSR count). The van der Waals surface area contributed by atoms with Crippen LogP contribution in [0.5, 0.6) is 0 Å². The van der Waals surface area contributed by atoms with Crippen LogP contribution in [0.3, 0.4) is 0 Å². The Balaban J connectivity index is 2.60. The lowest BCUT2D eigenvalue weighted by Gasteiger charge is -2.38. The predicted molar refractivity (Wildman–Crippen MR) is 44.8 cm³/mol. The SMILES string of the molecule is C[C@@H]1OC(OP(O)O)[C@@H](O)[C@H](O)[C@@H]1O. The number of ether oxygens (including phenoxy) is 1. The van der Waals surface area contributed by atoms with Gasteiger partial charge in [-0.2, -0.15) is 0 Å². The molecule has 0 bridgehead atoms. The van der Waals surface area contributed by atoms with Crippen molar-refractivity contribution in [1.29, 1.82) is 0 Å². The molecule has 0 spiro atoms. The summed E-state index contributed by atoms with van der Waals surface area (Å²) in [6.45, 7) is 1.47. The molecule has 1 unspecified atom stereocenters. The highest BCUT2D eigenvalue weighted by atomic mass is 31.2. The van der Waals surface area contributed by atoms with Crippen LogP contribution in [0.15, 0.2) is 0 Å². The molecule has 5 atom stereocenters. The van der Waals surface area contributed by atoms with Gasteiger partial charge in [0.15, 0.2) is 6.29 Å². The average Bonchev–Trinajstić information content (AvgIpc) is 2.10. The Kier molecular flexibility index (Phi) is 4.17. The van der Waals surface area contributed by atoms with Gasteiger partial charge in [0.05, 0.1) is 6.10 Å². The molecule has 1 aliphatic rings. The van der Waals surface area contributed by atoms with Gasteiger partial charge in [0.25, 0.3) is 0 Å². The summed E-state index contributed by atoms with van der Waals surface area (Å²) < 4.78 is 9.33. The summed E-state index contributed by atoms with van der Waals surface area (Å²) in [4.78, 5) is 17.0. The first kappa shape index (κ1) is 12.2. The van der Waals surface area contributed by atoms with E-state index in [9.17, 15) is 15.3 Å². The van der Waals surface area contributed by atoms with Crippen molar-refractivity contribution in [2.75, 3.05) is 0 Å². The van der Waals surface area contributed by atoms with Gasteiger partial charge >= 0.3 is 8.60 Å². The number of aliphatic hydroxyl groups excluding tert-OH is 3. The number of hydrogen-bond donors (Lipinski definition) is 5. The first-order valence-corrected chi connectivity index (χ1v) is 5.14. The first-order chi connectivity index (χ1) is 6.43. The Labute approximate surface area is 81.5 Å². The average molecular weight is 228 g/mol. The van der Waals surface area contributed by atoms with Crippen molar-refractivity contribution in [2.45, 2.75) is 37.6 Å². The largest absolute Gasteiger partial charge is 0.388 e. The topological polar surface area (TPSA) is 120 Å². The summed E-state index contributed by atoms with van der Waals surface area (Å²) in [5.41, 5.74) is 0. The minimum Gasteiger partial charge on any atom is -0.388 e. The third-order valence-electron chi connectivity index (χ3n) is 2.01. The monoisotopic (exact) mass is 228 g/mol. The van der Waals surface area contributed by atoms with Gasteiger partial charge in [0, 0.05) is 0 Å². The third kappa shape index (κ3) is 2.59. The van der Waals surface area contributed by atoms with Crippen molar-refractivity contribution in [2.24, 2.45) is 0 Å². The van der Waals surface area contributed by atoms with E-state index in [4.69, 9.17) is 14.5 Å². The van der Waals surface area contributed by atoms with Gasteiger partial charge in [0.1, 0.15) is 18.3 Å². The van der Waals surface area contributed by atoms with Crippen LogP contribution in [-0.4, -0.2) is 55.8 Å². The second-order valence-electron chi connectivity index (χ2n) is 3.04. The summed E-state index contributed by atoms with van der Waals surface area (Å²) in [7, 11) is -2.68. The molecular weight excluding hydrogens is 215 g/mol. The van der Waals surface area contributed by atoms with E-state index in [1.165, 1.54) is 6.92 Å². The number of aliphatic hydroxyl groups is 3. The molecule has 1 heterocycles. The molecule has 1 aliphatic heterocycles. The normalized spacial score (nSPS) is 44.4. The molecule has 8 heteroatoms. The molecule has 0 aromatic carbocycles.